The maximum Gasteiger partial charge on any atom is 0.226 e. The van der Waals surface area contributed by atoms with E-state index < -0.39 is 9.84 Å². The zero-order valence-corrected chi connectivity index (χ0v) is 14.6. The number of hydrogen-bond donors (Lipinski definition) is 1. The highest BCUT2D eigenvalue weighted by atomic mass is 32.2. The average Bonchev–Trinajstić information content (AvgIpc) is 2.52. The number of phenols is 1. The van der Waals surface area contributed by atoms with Crippen LogP contribution in [0.4, 0.5) is 0 Å². The van der Waals surface area contributed by atoms with E-state index >= 15 is 0 Å². The van der Waals surface area contributed by atoms with Crippen molar-refractivity contribution in [2.75, 3.05) is 19.8 Å². The molecule has 0 aliphatic heterocycles. The maximum absolute atomic E-state index is 12.2. The van der Waals surface area contributed by atoms with E-state index in [4.69, 9.17) is 0 Å². The normalized spacial score (nSPS) is 11.2. The predicted octanol–water partition coefficient (Wildman–Crippen LogP) is 2.04. The number of carbonyl (C=O) groups excluding carboxylic acids is 1. The van der Waals surface area contributed by atoms with E-state index in [2.05, 4.69) is 0 Å². The maximum atomic E-state index is 12.2. The first-order chi connectivity index (χ1) is 11.3. The number of sulfone groups is 1. The van der Waals surface area contributed by atoms with Gasteiger partial charge in [0.15, 0.2) is 9.84 Å². The third kappa shape index (κ3) is 5.09. The summed E-state index contributed by atoms with van der Waals surface area (Å²) in [5.74, 6) is 0.176. The molecular weight excluding hydrogens is 326 g/mol. The van der Waals surface area contributed by atoms with Crippen molar-refractivity contribution in [2.45, 2.75) is 17.7 Å². The van der Waals surface area contributed by atoms with Crippen LogP contribution in [0.1, 0.15) is 11.1 Å². The third-order valence-electron chi connectivity index (χ3n) is 3.78. The number of likely N-dealkylation sites (N-methyl/N-ethyl adjacent to an activating group) is 1. The monoisotopic (exact) mass is 347 g/mol. The molecule has 0 atom stereocenters. The van der Waals surface area contributed by atoms with Crippen LogP contribution in [0.2, 0.25) is 0 Å². The smallest absolute Gasteiger partial charge is 0.226 e. The van der Waals surface area contributed by atoms with Gasteiger partial charge in [-0.2, -0.15) is 0 Å². The van der Waals surface area contributed by atoms with Crippen molar-refractivity contribution >= 4 is 15.7 Å². The molecule has 1 amide bonds. The largest absolute Gasteiger partial charge is 0.508 e. The zero-order chi connectivity index (χ0) is 17.7. The lowest BCUT2D eigenvalue weighted by molar-refractivity contribution is -0.129. The van der Waals surface area contributed by atoms with Crippen LogP contribution in [0.25, 0.3) is 0 Å². The van der Waals surface area contributed by atoms with Gasteiger partial charge in [-0.1, -0.05) is 24.3 Å². The number of aromatic hydroxyl groups is 1. The molecule has 2 rings (SSSR count). The van der Waals surface area contributed by atoms with E-state index in [1.165, 1.54) is 12.1 Å². The minimum atomic E-state index is -3.22. The molecule has 2 aromatic rings. The topological polar surface area (TPSA) is 74.7 Å². The number of phenolic OH excluding ortho intramolecular Hbond substituents is 1. The van der Waals surface area contributed by atoms with Crippen molar-refractivity contribution in [2.24, 2.45) is 0 Å². The van der Waals surface area contributed by atoms with Crippen molar-refractivity contribution in [3.05, 3.63) is 59.7 Å². The number of amides is 1. The lowest BCUT2D eigenvalue weighted by Crippen LogP contribution is -2.30. The van der Waals surface area contributed by atoms with E-state index in [0.717, 1.165) is 17.4 Å². The van der Waals surface area contributed by atoms with Gasteiger partial charge in [0.05, 0.1) is 11.3 Å². The summed E-state index contributed by atoms with van der Waals surface area (Å²) < 4.78 is 22.9. The molecule has 5 nitrogen and oxygen atoms in total. The fourth-order valence-electron chi connectivity index (χ4n) is 2.30. The molecule has 0 saturated carbocycles. The Kier molecular flexibility index (Phi) is 5.62. The Labute approximate surface area is 142 Å². The lowest BCUT2D eigenvalue weighted by atomic mass is 10.1. The summed E-state index contributed by atoms with van der Waals surface area (Å²) >= 11 is 0. The van der Waals surface area contributed by atoms with Crippen molar-refractivity contribution in [3.8, 4) is 5.75 Å². The van der Waals surface area contributed by atoms with Gasteiger partial charge in [0, 0.05) is 19.8 Å². The molecule has 0 aromatic heterocycles. The first-order valence-corrected chi connectivity index (χ1v) is 9.46. The summed E-state index contributed by atoms with van der Waals surface area (Å²) in [5.41, 5.74) is 1.74. The van der Waals surface area contributed by atoms with E-state index in [0.29, 0.717) is 13.0 Å². The molecule has 2 aromatic carbocycles. The van der Waals surface area contributed by atoms with Crippen molar-refractivity contribution in [1.29, 1.82) is 0 Å². The summed E-state index contributed by atoms with van der Waals surface area (Å²) in [4.78, 5) is 14.1. The van der Waals surface area contributed by atoms with Gasteiger partial charge >= 0.3 is 0 Å². The van der Waals surface area contributed by atoms with E-state index in [-0.39, 0.29) is 23.0 Å². The highest BCUT2D eigenvalue weighted by Crippen LogP contribution is 2.13. The van der Waals surface area contributed by atoms with Gasteiger partial charge in [-0.3, -0.25) is 4.79 Å². The molecule has 24 heavy (non-hydrogen) atoms. The molecule has 0 radical (unpaired) electrons. The Bertz CT molecular complexity index is 813. The molecule has 0 aliphatic carbocycles. The molecule has 1 N–H and O–H groups in total. The average molecular weight is 347 g/mol. The van der Waals surface area contributed by atoms with Crippen LogP contribution in [0.3, 0.4) is 0 Å². The van der Waals surface area contributed by atoms with Crippen LogP contribution in [-0.2, 0) is 27.5 Å². The summed E-state index contributed by atoms with van der Waals surface area (Å²) in [7, 11) is -1.49. The molecule has 0 heterocycles. The summed E-state index contributed by atoms with van der Waals surface area (Å²) in [6.45, 7) is 0.545. The summed E-state index contributed by atoms with van der Waals surface area (Å²) in [6, 6.07) is 13.3. The first-order valence-electron chi connectivity index (χ1n) is 7.56. The van der Waals surface area contributed by atoms with Gasteiger partial charge in [0.25, 0.3) is 0 Å². The molecule has 6 heteroatoms. The van der Waals surface area contributed by atoms with Gasteiger partial charge in [0.2, 0.25) is 5.91 Å². The van der Waals surface area contributed by atoms with Crippen LogP contribution in [0.5, 0.6) is 5.75 Å². The fraction of sp³-hybridized carbons (Fsp3) is 0.278. The molecule has 0 fully saturated rings. The van der Waals surface area contributed by atoms with Gasteiger partial charge in [0.1, 0.15) is 5.75 Å². The fourth-order valence-corrected chi connectivity index (χ4v) is 2.93. The Morgan fingerprint density at radius 3 is 2.33 bits per heavy atom. The van der Waals surface area contributed by atoms with Crippen LogP contribution < -0.4 is 0 Å². The molecule has 0 aliphatic rings. The predicted molar refractivity (Wildman–Crippen MR) is 92.7 cm³/mol. The second-order valence-electron chi connectivity index (χ2n) is 5.83. The number of benzene rings is 2. The van der Waals surface area contributed by atoms with Gasteiger partial charge < -0.3 is 10.0 Å². The molecule has 0 spiro atoms. The highest BCUT2D eigenvalue weighted by Gasteiger charge is 2.11. The SMILES string of the molecule is CN(CCc1cccc(O)c1)C(=O)Cc1ccc(S(C)(=O)=O)cc1. The van der Waals surface area contributed by atoms with Gasteiger partial charge in [-0.05, 0) is 41.8 Å². The summed E-state index contributed by atoms with van der Waals surface area (Å²) in [6.07, 6.45) is 2.03. The van der Waals surface area contributed by atoms with E-state index in [9.17, 15) is 18.3 Å². The van der Waals surface area contributed by atoms with Crippen LogP contribution in [-0.4, -0.2) is 44.2 Å². The van der Waals surface area contributed by atoms with E-state index in [1.54, 1.807) is 42.3 Å². The minimum Gasteiger partial charge on any atom is -0.508 e. The molecule has 128 valence electrons. The molecule has 0 unspecified atom stereocenters. The van der Waals surface area contributed by atoms with Crippen molar-refractivity contribution in [1.82, 2.24) is 4.90 Å². The number of rotatable bonds is 6. The standard InChI is InChI=1S/C18H21NO4S/c1-19(11-10-14-4-3-5-16(20)12-14)18(21)13-15-6-8-17(9-7-15)24(2,22)23/h3-9,12,20H,10-11,13H2,1-2H3. The second-order valence-corrected chi connectivity index (χ2v) is 7.84. The number of nitrogens with zero attached hydrogens (tertiary/aromatic N) is 1. The lowest BCUT2D eigenvalue weighted by Gasteiger charge is -2.17. The Hall–Kier alpha value is -2.34. The number of hydrogen-bond acceptors (Lipinski definition) is 4. The summed E-state index contributed by atoms with van der Waals surface area (Å²) in [5, 5.41) is 9.44. The van der Waals surface area contributed by atoms with Crippen LogP contribution >= 0.6 is 0 Å². The number of carbonyl (C=O) groups is 1. The quantitative estimate of drug-likeness (QED) is 0.868. The molecular formula is C18H21NO4S. The third-order valence-corrected chi connectivity index (χ3v) is 4.91. The minimum absolute atomic E-state index is 0.0396. The van der Waals surface area contributed by atoms with Gasteiger partial charge in [-0.25, -0.2) is 8.42 Å². The van der Waals surface area contributed by atoms with Crippen molar-refractivity contribution < 1.29 is 18.3 Å². The van der Waals surface area contributed by atoms with E-state index in [1.807, 2.05) is 6.07 Å². The molecule has 0 bridgehead atoms. The first kappa shape index (κ1) is 18.0. The zero-order valence-electron chi connectivity index (χ0n) is 13.8. The van der Waals surface area contributed by atoms with Crippen LogP contribution in [0, 0.1) is 0 Å². The van der Waals surface area contributed by atoms with Gasteiger partial charge in [-0.15, -0.1) is 0 Å². The second kappa shape index (κ2) is 7.49. The van der Waals surface area contributed by atoms with Crippen molar-refractivity contribution in [3.63, 3.8) is 0 Å². The highest BCUT2D eigenvalue weighted by molar-refractivity contribution is 7.90. The molecule has 0 saturated heterocycles. The Morgan fingerprint density at radius 1 is 1.08 bits per heavy atom. The van der Waals surface area contributed by atoms with Crippen LogP contribution in [0.15, 0.2) is 53.4 Å². The Balaban J connectivity index is 1.91. The Morgan fingerprint density at radius 2 is 1.75 bits per heavy atom.